The first-order valence-electron chi connectivity index (χ1n) is 12.4. The Kier molecular flexibility index (Phi) is 7.50. The predicted molar refractivity (Wildman–Crippen MR) is 146 cm³/mol. The highest BCUT2D eigenvalue weighted by Crippen LogP contribution is 2.34. The molecule has 12 heteroatoms. The zero-order valence-electron chi connectivity index (χ0n) is 20.8. The second-order valence-corrected chi connectivity index (χ2v) is 10.9. The Morgan fingerprint density at radius 1 is 1.27 bits per heavy atom. The van der Waals surface area contributed by atoms with E-state index in [0.717, 1.165) is 18.4 Å². The summed E-state index contributed by atoms with van der Waals surface area (Å²) in [6, 6.07) is 3.71. The number of hydrogen-bond donors (Lipinski definition) is 0. The van der Waals surface area contributed by atoms with Crippen molar-refractivity contribution in [3.8, 4) is 0 Å². The molecular weight excluding hydrogens is 514 g/mol. The molecular formula is C25H29N5O5S2. The quantitative estimate of drug-likeness (QED) is 0.417. The average Bonchev–Trinajstić information content (AvgIpc) is 3.50. The number of ether oxygens (including phenoxy) is 2. The van der Waals surface area contributed by atoms with Crippen LogP contribution in [0.2, 0.25) is 0 Å². The number of aryl methyl sites for hydroxylation is 1. The lowest BCUT2D eigenvalue weighted by atomic mass is 10.2. The van der Waals surface area contributed by atoms with Crippen LogP contribution < -0.4 is 10.5 Å². The first-order chi connectivity index (χ1) is 17.9. The summed E-state index contributed by atoms with van der Waals surface area (Å²) in [6.07, 6.45) is 4.86. The van der Waals surface area contributed by atoms with E-state index in [1.807, 2.05) is 17.9 Å². The summed E-state index contributed by atoms with van der Waals surface area (Å²) >= 11 is 6.69. The molecule has 5 heterocycles. The largest absolute Gasteiger partial charge is 0.450 e. The van der Waals surface area contributed by atoms with E-state index in [4.69, 9.17) is 26.7 Å². The van der Waals surface area contributed by atoms with Gasteiger partial charge in [-0.25, -0.2) is 9.78 Å². The van der Waals surface area contributed by atoms with Crippen LogP contribution in [0.3, 0.4) is 0 Å². The number of thioether (sulfide) groups is 1. The number of carbonyl (C=O) groups excluding carboxylic acids is 2. The van der Waals surface area contributed by atoms with Gasteiger partial charge in [0.25, 0.3) is 11.5 Å². The number of anilines is 1. The van der Waals surface area contributed by atoms with Crippen LogP contribution in [-0.4, -0.2) is 87.5 Å². The first-order valence-corrected chi connectivity index (χ1v) is 13.6. The summed E-state index contributed by atoms with van der Waals surface area (Å²) < 4.78 is 12.8. The lowest BCUT2D eigenvalue weighted by molar-refractivity contribution is -0.123. The molecule has 0 N–H and O–H groups in total. The minimum atomic E-state index is -0.348. The van der Waals surface area contributed by atoms with Crippen LogP contribution in [0.1, 0.15) is 30.9 Å². The molecule has 5 rings (SSSR count). The first kappa shape index (κ1) is 25.7. The number of nitrogens with zero attached hydrogens (tertiary/aromatic N) is 5. The van der Waals surface area contributed by atoms with Gasteiger partial charge in [-0.15, -0.1) is 0 Å². The standard InChI is InChI=1S/C25H29N5O5S2/c1-3-34-24(33)28-10-8-27(9-11-28)21-18(22(31)29-14-16(2)6-7-20(29)26-21)13-19-23(32)30(25(36)37-19)15-17-5-4-12-35-17/h6-7,13-14,17H,3-5,8-12,15H2,1-2H3/b19-13+. The van der Waals surface area contributed by atoms with Gasteiger partial charge in [-0.1, -0.05) is 30.0 Å². The molecule has 0 aliphatic carbocycles. The molecule has 0 bridgehead atoms. The van der Waals surface area contributed by atoms with E-state index in [1.54, 1.807) is 35.1 Å². The van der Waals surface area contributed by atoms with Gasteiger partial charge in [0.05, 0.1) is 29.7 Å². The Labute approximate surface area is 224 Å². The van der Waals surface area contributed by atoms with Crippen LogP contribution in [0.4, 0.5) is 10.6 Å². The highest BCUT2D eigenvalue weighted by Gasteiger charge is 2.35. The van der Waals surface area contributed by atoms with Gasteiger partial charge in [0.2, 0.25) is 0 Å². The van der Waals surface area contributed by atoms with Crippen LogP contribution in [0.5, 0.6) is 0 Å². The number of aromatic nitrogens is 2. The number of rotatable bonds is 5. The normalized spacial score (nSPS) is 21.5. The van der Waals surface area contributed by atoms with Gasteiger partial charge in [0, 0.05) is 39.0 Å². The summed E-state index contributed by atoms with van der Waals surface area (Å²) in [7, 11) is 0. The zero-order valence-corrected chi connectivity index (χ0v) is 22.5. The van der Waals surface area contributed by atoms with E-state index < -0.39 is 0 Å². The molecule has 196 valence electrons. The van der Waals surface area contributed by atoms with Gasteiger partial charge in [-0.2, -0.15) is 0 Å². The molecule has 0 saturated carbocycles. The van der Waals surface area contributed by atoms with Crippen molar-refractivity contribution in [3.05, 3.63) is 44.7 Å². The number of thiocarbonyl (C=S) groups is 1. The molecule has 2 amide bonds. The summed E-state index contributed by atoms with van der Waals surface area (Å²) in [5.41, 5.74) is 1.49. The molecule has 3 aliphatic rings. The summed E-state index contributed by atoms with van der Waals surface area (Å²) in [4.78, 5) is 49.6. The van der Waals surface area contributed by atoms with Gasteiger partial charge in [0.1, 0.15) is 15.8 Å². The summed E-state index contributed by atoms with van der Waals surface area (Å²) in [6.45, 7) is 6.95. The molecule has 1 atom stereocenters. The maximum absolute atomic E-state index is 13.7. The SMILES string of the molecule is CCOC(=O)N1CCN(c2nc3ccc(C)cn3c(=O)c2/C=C2/SC(=S)N(CC3CCCO3)C2=O)CC1. The van der Waals surface area contributed by atoms with Crippen LogP contribution >= 0.6 is 24.0 Å². The number of fused-ring (bicyclic) bond motifs is 1. The molecule has 3 aliphatic heterocycles. The number of piperazine rings is 1. The second-order valence-electron chi connectivity index (χ2n) is 9.19. The van der Waals surface area contributed by atoms with Gasteiger partial charge >= 0.3 is 6.09 Å². The van der Waals surface area contributed by atoms with Crippen molar-refractivity contribution in [2.45, 2.75) is 32.8 Å². The highest BCUT2D eigenvalue weighted by atomic mass is 32.2. The number of amides is 2. The molecule has 3 fully saturated rings. The fourth-order valence-electron chi connectivity index (χ4n) is 4.71. The topological polar surface area (TPSA) is 96.7 Å². The third-order valence-corrected chi connectivity index (χ3v) is 8.03. The summed E-state index contributed by atoms with van der Waals surface area (Å²) in [5.74, 6) is 0.263. The minimum absolute atomic E-state index is 0.0240. The van der Waals surface area contributed by atoms with Crippen molar-refractivity contribution in [3.63, 3.8) is 0 Å². The van der Waals surface area contributed by atoms with Crippen LogP contribution in [0.25, 0.3) is 11.7 Å². The molecule has 1 unspecified atom stereocenters. The molecule has 2 aromatic heterocycles. The molecule has 0 radical (unpaired) electrons. The number of pyridine rings is 1. The Morgan fingerprint density at radius 3 is 2.76 bits per heavy atom. The van der Waals surface area contributed by atoms with Crippen molar-refractivity contribution >= 4 is 57.8 Å². The Hall–Kier alpha value is -2.96. The Bertz CT molecular complexity index is 1330. The van der Waals surface area contributed by atoms with Crippen LogP contribution in [0.15, 0.2) is 28.0 Å². The van der Waals surface area contributed by atoms with E-state index >= 15 is 0 Å². The number of carbonyl (C=O) groups is 2. The van der Waals surface area contributed by atoms with E-state index in [-0.39, 0.29) is 23.7 Å². The maximum atomic E-state index is 13.7. The molecule has 3 saturated heterocycles. The molecule has 0 aromatic carbocycles. The minimum Gasteiger partial charge on any atom is -0.450 e. The molecule has 10 nitrogen and oxygen atoms in total. The van der Waals surface area contributed by atoms with Crippen molar-refractivity contribution < 1.29 is 19.1 Å². The Morgan fingerprint density at radius 2 is 2.05 bits per heavy atom. The lowest BCUT2D eigenvalue weighted by Gasteiger charge is -2.35. The smallest absolute Gasteiger partial charge is 0.409 e. The summed E-state index contributed by atoms with van der Waals surface area (Å²) in [5, 5.41) is 0. The van der Waals surface area contributed by atoms with Gasteiger partial charge in [0.15, 0.2) is 0 Å². The third kappa shape index (κ3) is 5.23. The second kappa shape index (κ2) is 10.8. The van der Waals surface area contributed by atoms with E-state index in [2.05, 4.69) is 0 Å². The fourth-order valence-corrected chi connectivity index (χ4v) is 5.97. The zero-order chi connectivity index (χ0) is 26.1. The van der Waals surface area contributed by atoms with Crippen molar-refractivity contribution in [1.82, 2.24) is 19.2 Å². The third-order valence-electron chi connectivity index (χ3n) is 6.65. The highest BCUT2D eigenvalue weighted by molar-refractivity contribution is 8.26. The lowest BCUT2D eigenvalue weighted by Crippen LogP contribution is -2.49. The van der Waals surface area contributed by atoms with Crippen LogP contribution in [-0.2, 0) is 14.3 Å². The van der Waals surface area contributed by atoms with Crippen molar-refractivity contribution in [2.24, 2.45) is 0 Å². The van der Waals surface area contributed by atoms with E-state index in [9.17, 15) is 14.4 Å². The number of hydrogen-bond acceptors (Lipinski definition) is 9. The molecule has 2 aromatic rings. The fraction of sp³-hybridized carbons (Fsp3) is 0.480. The maximum Gasteiger partial charge on any atom is 0.409 e. The Balaban J connectivity index is 1.49. The van der Waals surface area contributed by atoms with Crippen LogP contribution in [0, 0.1) is 6.92 Å². The van der Waals surface area contributed by atoms with Crippen molar-refractivity contribution in [2.75, 3.05) is 50.8 Å². The molecule has 0 spiro atoms. The molecule has 37 heavy (non-hydrogen) atoms. The van der Waals surface area contributed by atoms with E-state index in [0.29, 0.717) is 72.2 Å². The van der Waals surface area contributed by atoms with Gasteiger partial charge in [-0.05, 0) is 44.4 Å². The average molecular weight is 544 g/mol. The van der Waals surface area contributed by atoms with Gasteiger partial charge in [-0.3, -0.25) is 18.9 Å². The van der Waals surface area contributed by atoms with Gasteiger partial charge < -0.3 is 19.3 Å². The van der Waals surface area contributed by atoms with E-state index in [1.165, 1.54) is 16.2 Å². The predicted octanol–water partition coefficient (Wildman–Crippen LogP) is 2.66. The van der Waals surface area contributed by atoms with Crippen molar-refractivity contribution in [1.29, 1.82) is 0 Å². The monoisotopic (exact) mass is 543 g/mol.